The minimum Gasteiger partial charge on any atom is -0.324 e. The Labute approximate surface area is 128 Å². The van der Waals surface area contributed by atoms with Crippen LogP contribution in [0.3, 0.4) is 0 Å². The summed E-state index contributed by atoms with van der Waals surface area (Å²) in [5, 5.41) is 0.427. The number of carbonyl (C=O) groups is 3. The number of carbonyl (C=O) groups excluding carboxylic acids is 3. The van der Waals surface area contributed by atoms with Crippen LogP contribution in [0, 0.1) is 5.82 Å². The smallest absolute Gasteiger partial charge is 0.324 e. The molecule has 0 unspecified atom stereocenters. The average molecular weight is 320 g/mol. The Morgan fingerprint density at radius 3 is 2.18 bits per heavy atom. The number of hydrogen-bond acceptors (Lipinski definition) is 4. The largest absolute Gasteiger partial charge is 0.366 e. The van der Waals surface area contributed by atoms with Crippen LogP contribution in [0.5, 0.6) is 0 Å². The molecule has 2 amide bonds. The standard InChI is InChI=1S/C15H7ClFNO4/c16-8-5-6-11(12(17)7-8)15(21)22-18-13(19)9-3-1-2-4-10(9)14(18)20/h1-7H. The van der Waals surface area contributed by atoms with Crippen molar-refractivity contribution in [2.45, 2.75) is 0 Å². The third kappa shape index (κ3) is 2.23. The maximum absolute atomic E-state index is 13.7. The normalized spacial score (nSPS) is 13.3. The van der Waals surface area contributed by atoms with Crippen LogP contribution in [0.4, 0.5) is 4.39 Å². The quantitative estimate of drug-likeness (QED) is 0.798. The molecular formula is C15H7ClFNO4. The number of amides is 2. The highest BCUT2D eigenvalue weighted by molar-refractivity contribution is 6.30. The number of fused-ring (bicyclic) bond motifs is 1. The van der Waals surface area contributed by atoms with E-state index in [0.29, 0.717) is 5.06 Å². The van der Waals surface area contributed by atoms with Gasteiger partial charge in [0.1, 0.15) is 5.82 Å². The number of nitrogens with zero attached hydrogens (tertiary/aromatic N) is 1. The van der Waals surface area contributed by atoms with Gasteiger partial charge >= 0.3 is 5.97 Å². The van der Waals surface area contributed by atoms with Crippen molar-refractivity contribution in [2.24, 2.45) is 0 Å². The van der Waals surface area contributed by atoms with Crippen molar-refractivity contribution in [1.82, 2.24) is 5.06 Å². The molecule has 0 N–H and O–H groups in total. The van der Waals surface area contributed by atoms with Gasteiger partial charge in [0, 0.05) is 5.02 Å². The van der Waals surface area contributed by atoms with Crippen LogP contribution in [-0.2, 0) is 4.84 Å². The number of hydrogen-bond donors (Lipinski definition) is 0. The van der Waals surface area contributed by atoms with Gasteiger partial charge in [-0.05, 0) is 30.3 Å². The lowest BCUT2D eigenvalue weighted by Crippen LogP contribution is -2.32. The van der Waals surface area contributed by atoms with Gasteiger partial charge in [-0.1, -0.05) is 28.8 Å². The first-order valence-corrected chi connectivity index (χ1v) is 6.52. The summed E-state index contributed by atoms with van der Waals surface area (Å²) in [5.41, 5.74) is -0.185. The Morgan fingerprint density at radius 2 is 1.64 bits per heavy atom. The number of imide groups is 1. The first-order chi connectivity index (χ1) is 10.5. The zero-order valence-corrected chi connectivity index (χ0v) is 11.6. The molecule has 110 valence electrons. The second kappa shape index (κ2) is 5.23. The monoisotopic (exact) mass is 319 g/mol. The molecule has 0 radical (unpaired) electrons. The van der Waals surface area contributed by atoms with Gasteiger partial charge in [-0.15, -0.1) is 0 Å². The Balaban J connectivity index is 1.87. The molecule has 0 spiro atoms. The Hall–Kier alpha value is -2.73. The molecule has 1 heterocycles. The molecule has 0 saturated heterocycles. The second-order valence-electron chi connectivity index (χ2n) is 4.45. The van der Waals surface area contributed by atoms with Crippen molar-refractivity contribution < 1.29 is 23.6 Å². The molecule has 0 aromatic heterocycles. The fourth-order valence-electron chi connectivity index (χ4n) is 2.04. The molecule has 2 aromatic rings. The van der Waals surface area contributed by atoms with Gasteiger partial charge in [-0.2, -0.15) is 0 Å². The van der Waals surface area contributed by atoms with Crippen LogP contribution in [0.15, 0.2) is 42.5 Å². The molecule has 5 nitrogen and oxygen atoms in total. The Morgan fingerprint density at radius 1 is 1.05 bits per heavy atom. The molecular weight excluding hydrogens is 313 g/mol. The number of benzene rings is 2. The van der Waals surface area contributed by atoms with Crippen molar-refractivity contribution in [2.75, 3.05) is 0 Å². The van der Waals surface area contributed by atoms with Crippen LogP contribution in [0.2, 0.25) is 5.02 Å². The van der Waals surface area contributed by atoms with Crippen molar-refractivity contribution in [1.29, 1.82) is 0 Å². The molecule has 1 aliphatic rings. The van der Waals surface area contributed by atoms with E-state index in [-0.39, 0.29) is 16.1 Å². The van der Waals surface area contributed by atoms with Crippen molar-refractivity contribution in [3.63, 3.8) is 0 Å². The third-order valence-corrected chi connectivity index (χ3v) is 3.32. The Bertz CT molecular complexity index is 786. The van der Waals surface area contributed by atoms with E-state index >= 15 is 0 Å². The molecule has 7 heteroatoms. The molecule has 3 rings (SSSR count). The molecule has 0 saturated carbocycles. The van der Waals surface area contributed by atoms with E-state index in [1.807, 2.05) is 0 Å². The summed E-state index contributed by atoms with van der Waals surface area (Å²) in [6, 6.07) is 9.36. The van der Waals surface area contributed by atoms with Crippen LogP contribution < -0.4 is 0 Å². The van der Waals surface area contributed by atoms with Crippen molar-refractivity contribution in [3.05, 3.63) is 70.0 Å². The van der Waals surface area contributed by atoms with Crippen LogP contribution in [0.1, 0.15) is 31.1 Å². The summed E-state index contributed by atoms with van der Waals surface area (Å²) in [7, 11) is 0. The predicted molar refractivity (Wildman–Crippen MR) is 73.8 cm³/mol. The zero-order chi connectivity index (χ0) is 15.9. The summed E-state index contributed by atoms with van der Waals surface area (Å²) in [6.07, 6.45) is 0. The Kier molecular flexibility index (Phi) is 3.38. The van der Waals surface area contributed by atoms with Crippen molar-refractivity contribution in [3.8, 4) is 0 Å². The lowest BCUT2D eigenvalue weighted by Gasteiger charge is -2.12. The average Bonchev–Trinajstić information content (AvgIpc) is 2.73. The molecule has 0 atom stereocenters. The predicted octanol–water partition coefficient (Wildman–Crippen LogP) is 2.85. The summed E-state index contributed by atoms with van der Waals surface area (Å²) < 4.78 is 13.7. The van der Waals surface area contributed by atoms with E-state index in [1.165, 1.54) is 18.2 Å². The number of hydroxylamine groups is 2. The van der Waals surface area contributed by atoms with E-state index in [1.54, 1.807) is 12.1 Å². The summed E-state index contributed by atoms with van der Waals surface area (Å²) in [6.45, 7) is 0. The number of rotatable bonds is 2. The van der Waals surface area contributed by atoms with Gasteiger partial charge in [-0.25, -0.2) is 9.18 Å². The van der Waals surface area contributed by atoms with E-state index < -0.39 is 29.2 Å². The number of halogens is 2. The highest BCUT2D eigenvalue weighted by Crippen LogP contribution is 2.24. The fourth-order valence-corrected chi connectivity index (χ4v) is 2.20. The van der Waals surface area contributed by atoms with E-state index in [9.17, 15) is 18.8 Å². The molecule has 2 aromatic carbocycles. The minimum atomic E-state index is -1.16. The van der Waals surface area contributed by atoms with Gasteiger partial charge in [-0.3, -0.25) is 9.59 Å². The molecule has 0 aliphatic carbocycles. The topological polar surface area (TPSA) is 63.7 Å². The van der Waals surface area contributed by atoms with Crippen LogP contribution in [-0.4, -0.2) is 22.8 Å². The minimum absolute atomic E-state index is 0.106. The second-order valence-corrected chi connectivity index (χ2v) is 4.89. The first kappa shape index (κ1) is 14.2. The van der Waals surface area contributed by atoms with E-state index in [4.69, 9.17) is 16.4 Å². The maximum Gasteiger partial charge on any atom is 0.366 e. The van der Waals surface area contributed by atoms with Crippen LogP contribution >= 0.6 is 11.6 Å². The maximum atomic E-state index is 13.7. The highest BCUT2D eigenvalue weighted by atomic mass is 35.5. The molecule has 1 aliphatic heterocycles. The lowest BCUT2D eigenvalue weighted by molar-refractivity contribution is -0.0587. The summed E-state index contributed by atoms with van der Waals surface area (Å²) in [4.78, 5) is 40.7. The van der Waals surface area contributed by atoms with E-state index in [2.05, 4.69) is 0 Å². The van der Waals surface area contributed by atoms with Gasteiger partial charge in [0.2, 0.25) is 0 Å². The molecule has 22 heavy (non-hydrogen) atoms. The van der Waals surface area contributed by atoms with Gasteiger partial charge in [0.25, 0.3) is 11.8 Å². The molecule has 0 fully saturated rings. The third-order valence-electron chi connectivity index (χ3n) is 3.08. The van der Waals surface area contributed by atoms with Gasteiger partial charge in [0.05, 0.1) is 16.7 Å². The lowest BCUT2D eigenvalue weighted by atomic mass is 10.1. The molecule has 0 bridgehead atoms. The summed E-state index contributed by atoms with van der Waals surface area (Å²) in [5.74, 6) is -3.62. The first-order valence-electron chi connectivity index (χ1n) is 6.14. The highest BCUT2D eigenvalue weighted by Gasteiger charge is 2.39. The SMILES string of the molecule is O=C(ON1C(=O)c2ccccc2C1=O)c1ccc(Cl)cc1F. The summed E-state index contributed by atoms with van der Waals surface area (Å²) >= 11 is 5.59. The van der Waals surface area contributed by atoms with Crippen molar-refractivity contribution >= 4 is 29.4 Å². The zero-order valence-electron chi connectivity index (χ0n) is 10.9. The van der Waals surface area contributed by atoms with E-state index in [0.717, 1.165) is 12.1 Å². The fraction of sp³-hybridized carbons (Fsp3) is 0. The van der Waals surface area contributed by atoms with Gasteiger partial charge < -0.3 is 4.84 Å². The van der Waals surface area contributed by atoms with Gasteiger partial charge in [0.15, 0.2) is 0 Å². The van der Waals surface area contributed by atoms with Crippen LogP contribution in [0.25, 0.3) is 0 Å².